The molecule has 1 amide bonds. The number of hydrogen-bond acceptors (Lipinski definition) is 3. The smallest absolute Gasteiger partial charge is 0.289 e. The van der Waals surface area contributed by atoms with E-state index in [9.17, 15) is 4.79 Å². The van der Waals surface area contributed by atoms with Gasteiger partial charge >= 0.3 is 0 Å². The number of amides is 1. The van der Waals surface area contributed by atoms with E-state index in [0.29, 0.717) is 18.8 Å². The van der Waals surface area contributed by atoms with Crippen molar-refractivity contribution in [1.82, 2.24) is 9.80 Å². The summed E-state index contributed by atoms with van der Waals surface area (Å²) in [5.74, 6) is 0.449. The summed E-state index contributed by atoms with van der Waals surface area (Å²) < 4.78 is 7.00. The normalized spacial score (nSPS) is 15.8. The highest BCUT2D eigenvalue weighted by atomic mass is 79.9. The molecule has 32 heavy (non-hydrogen) atoms. The minimum Gasteiger partial charge on any atom is -0.451 e. The van der Waals surface area contributed by atoms with Crippen molar-refractivity contribution in [2.45, 2.75) is 13.0 Å². The van der Waals surface area contributed by atoms with E-state index >= 15 is 0 Å². The molecular weight excluding hydrogens is 464 g/mol. The fourth-order valence-electron chi connectivity index (χ4n) is 4.60. The molecule has 1 aliphatic rings. The zero-order chi connectivity index (χ0) is 22.1. The van der Waals surface area contributed by atoms with Gasteiger partial charge in [0.25, 0.3) is 5.91 Å². The second-order valence-corrected chi connectivity index (χ2v) is 9.16. The lowest BCUT2D eigenvalue weighted by atomic mass is 9.96. The molecule has 1 atom stereocenters. The van der Waals surface area contributed by atoms with Gasteiger partial charge in [-0.05, 0) is 36.2 Å². The average molecular weight is 489 g/mol. The quantitative estimate of drug-likeness (QED) is 0.350. The van der Waals surface area contributed by atoms with Crippen LogP contribution < -0.4 is 0 Å². The summed E-state index contributed by atoms with van der Waals surface area (Å²) in [6, 6.07) is 27.1. The van der Waals surface area contributed by atoms with E-state index < -0.39 is 0 Å². The van der Waals surface area contributed by atoms with Crippen LogP contribution in [0.15, 0.2) is 87.8 Å². The lowest BCUT2D eigenvalue weighted by Gasteiger charge is -2.39. The second-order valence-electron chi connectivity index (χ2n) is 8.25. The van der Waals surface area contributed by atoms with E-state index in [1.54, 1.807) is 0 Å². The molecular formula is C27H25BrN2O2. The largest absolute Gasteiger partial charge is 0.451 e. The second kappa shape index (κ2) is 8.93. The zero-order valence-electron chi connectivity index (χ0n) is 18.0. The van der Waals surface area contributed by atoms with E-state index in [0.717, 1.165) is 34.1 Å². The Morgan fingerprint density at radius 1 is 0.844 bits per heavy atom. The summed E-state index contributed by atoms with van der Waals surface area (Å²) in [6.07, 6.45) is 0. The first-order chi connectivity index (χ1) is 15.6. The van der Waals surface area contributed by atoms with Crippen molar-refractivity contribution in [2.24, 2.45) is 0 Å². The number of carbonyl (C=O) groups excluding carboxylic acids is 1. The van der Waals surface area contributed by atoms with Crippen LogP contribution in [0.5, 0.6) is 0 Å². The van der Waals surface area contributed by atoms with Crippen LogP contribution >= 0.6 is 15.9 Å². The molecule has 1 aliphatic heterocycles. The van der Waals surface area contributed by atoms with Crippen LogP contribution in [0.25, 0.3) is 11.0 Å². The Bertz CT molecular complexity index is 1230. The van der Waals surface area contributed by atoms with Crippen LogP contribution in [0.1, 0.15) is 33.3 Å². The Morgan fingerprint density at radius 2 is 1.47 bits per heavy atom. The summed E-state index contributed by atoms with van der Waals surface area (Å²) >= 11 is 3.54. The molecule has 0 saturated carbocycles. The Kier molecular flexibility index (Phi) is 5.85. The Hall–Kier alpha value is -2.89. The van der Waals surface area contributed by atoms with E-state index in [-0.39, 0.29) is 11.9 Å². The molecule has 2 heterocycles. The number of furan rings is 1. The maximum absolute atomic E-state index is 13.3. The number of fused-ring (bicyclic) bond motifs is 1. The van der Waals surface area contributed by atoms with Crippen LogP contribution in [0, 0.1) is 6.92 Å². The number of rotatable bonds is 4. The first-order valence-electron chi connectivity index (χ1n) is 10.9. The van der Waals surface area contributed by atoms with Gasteiger partial charge in [-0.3, -0.25) is 9.69 Å². The number of nitrogens with zero attached hydrogens (tertiary/aromatic N) is 2. The van der Waals surface area contributed by atoms with Crippen LogP contribution in [0.3, 0.4) is 0 Å². The van der Waals surface area contributed by atoms with E-state index in [4.69, 9.17) is 4.42 Å². The molecule has 1 aromatic heterocycles. The SMILES string of the molecule is Cc1c(C(=O)N2CCN(C(c3ccccc3)c3ccc(Br)cc3)CC2)oc2ccccc12. The predicted molar refractivity (Wildman–Crippen MR) is 131 cm³/mol. The zero-order valence-corrected chi connectivity index (χ0v) is 19.6. The van der Waals surface area contributed by atoms with Gasteiger partial charge in [0.2, 0.25) is 0 Å². The number of piperazine rings is 1. The highest BCUT2D eigenvalue weighted by Gasteiger charge is 2.30. The van der Waals surface area contributed by atoms with E-state index in [1.165, 1.54) is 11.1 Å². The Balaban J connectivity index is 1.36. The van der Waals surface area contributed by atoms with Gasteiger partial charge in [0.1, 0.15) is 5.58 Å². The molecule has 3 aromatic carbocycles. The predicted octanol–water partition coefficient (Wildman–Crippen LogP) is 6.05. The highest BCUT2D eigenvalue weighted by Crippen LogP contribution is 2.31. The van der Waals surface area contributed by atoms with Crippen molar-refractivity contribution in [3.8, 4) is 0 Å². The molecule has 1 fully saturated rings. The van der Waals surface area contributed by atoms with Crippen LogP contribution in [0.4, 0.5) is 0 Å². The summed E-state index contributed by atoms with van der Waals surface area (Å²) in [5, 5.41) is 1.01. The number of aryl methyl sites for hydroxylation is 1. The third kappa shape index (κ3) is 3.98. The third-order valence-corrected chi connectivity index (χ3v) is 6.83. The molecule has 1 unspecified atom stereocenters. The number of benzene rings is 3. The van der Waals surface area contributed by atoms with Gasteiger partial charge in [0, 0.05) is 41.6 Å². The van der Waals surface area contributed by atoms with Crippen LogP contribution in [-0.2, 0) is 0 Å². The maximum atomic E-state index is 13.3. The summed E-state index contributed by atoms with van der Waals surface area (Å²) in [5.41, 5.74) is 4.21. The van der Waals surface area contributed by atoms with E-state index in [1.807, 2.05) is 36.1 Å². The number of halogens is 1. The van der Waals surface area contributed by atoms with E-state index in [2.05, 4.69) is 75.4 Å². The van der Waals surface area contributed by atoms with Gasteiger partial charge in [-0.2, -0.15) is 0 Å². The van der Waals surface area contributed by atoms with Gasteiger partial charge in [0.15, 0.2) is 5.76 Å². The van der Waals surface area contributed by atoms with Crippen molar-refractivity contribution in [2.75, 3.05) is 26.2 Å². The van der Waals surface area contributed by atoms with Crippen LogP contribution in [0.2, 0.25) is 0 Å². The van der Waals surface area contributed by atoms with Gasteiger partial charge in [-0.25, -0.2) is 0 Å². The molecule has 4 nitrogen and oxygen atoms in total. The molecule has 0 bridgehead atoms. The molecule has 1 saturated heterocycles. The molecule has 0 radical (unpaired) electrons. The Labute approximate surface area is 196 Å². The van der Waals surface area contributed by atoms with Crippen molar-refractivity contribution < 1.29 is 9.21 Å². The van der Waals surface area contributed by atoms with Gasteiger partial charge in [-0.15, -0.1) is 0 Å². The molecule has 0 spiro atoms. The van der Waals surface area contributed by atoms with Crippen molar-refractivity contribution in [3.05, 3.63) is 106 Å². The molecule has 162 valence electrons. The van der Waals surface area contributed by atoms with Gasteiger partial charge in [-0.1, -0.05) is 76.6 Å². The first kappa shape index (κ1) is 21.0. The molecule has 5 heteroatoms. The molecule has 0 N–H and O–H groups in total. The van der Waals surface area contributed by atoms with Crippen molar-refractivity contribution >= 4 is 32.8 Å². The highest BCUT2D eigenvalue weighted by molar-refractivity contribution is 9.10. The standard InChI is InChI=1S/C27H25BrN2O2/c1-19-23-9-5-6-10-24(23)32-26(19)27(31)30-17-15-29(16-18-30)25(20-7-3-2-4-8-20)21-11-13-22(28)14-12-21/h2-14,25H,15-18H2,1H3. The summed E-state index contributed by atoms with van der Waals surface area (Å²) in [4.78, 5) is 17.6. The summed E-state index contributed by atoms with van der Waals surface area (Å²) in [6.45, 7) is 4.93. The lowest BCUT2D eigenvalue weighted by molar-refractivity contribution is 0.0569. The number of para-hydroxylation sites is 1. The topological polar surface area (TPSA) is 36.7 Å². The van der Waals surface area contributed by atoms with Crippen LogP contribution in [-0.4, -0.2) is 41.9 Å². The average Bonchev–Trinajstić information content (AvgIpc) is 3.18. The Morgan fingerprint density at radius 3 is 2.16 bits per heavy atom. The molecule has 4 aromatic rings. The van der Waals surface area contributed by atoms with Crippen molar-refractivity contribution in [1.29, 1.82) is 0 Å². The first-order valence-corrected chi connectivity index (χ1v) is 11.7. The van der Waals surface area contributed by atoms with Gasteiger partial charge in [0.05, 0.1) is 6.04 Å². The number of carbonyl (C=O) groups is 1. The minimum absolute atomic E-state index is 0.0155. The monoisotopic (exact) mass is 488 g/mol. The molecule has 0 aliphatic carbocycles. The fraction of sp³-hybridized carbons (Fsp3) is 0.222. The maximum Gasteiger partial charge on any atom is 0.289 e. The van der Waals surface area contributed by atoms with Gasteiger partial charge < -0.3 is 9.32 Å². The third-order valence-electron chi connectivity index (χ3n) is 6.31. The minimum atomic E-state index is -0.0155. The lowest BCUT2D eigenvalue weighted by Crippen LogP contribution is -2.49. The summed E-state index contributed by atoms with van der Waals surface area (Å²) in [7, 11) is 0. The number of hydrogen-bond donors (Lipinski definition) is 0. The molecule has 5 rings (SSSR count). The van der Waals surface area contributed by atoms with Crippen molar-refractivity contribution in [3.63, 3.8) is 0 Å². The fourth-order valence-corrected chi connectivity index (χ4v) is 4.86.